The maximum Gasteiger partial charge on any atom is 0.300 e. The van der Waals surface area contributed by atoms with Crippen LogP contribution in [0.15, 0.2) is 65.1 Å². The third-order valence-electron chi connectivity index (χ3n) is 3.43. The highest BCUT2D eigenvalue weighted by Crippen LogP contribution is 2.42. The fourth-order valence-corrected chi connectivity index (χ4v) is 2.35. The van der Waals surface area contributed by atoms with E-state index in [2.05, 4.69) is 0 Å². The number of aromatic hydroxyl groups is 1. The second-order valence-electron chi connectivity index (χ2n) is 4.94. The van der Waals surface area contributed by atoms with Crippen molar-refractivity contribution in [3.05, 3.63) is 71.8 Å². The molecule has 23 heavy (non-hydrogen) atoms. The molecular weight excluding hydrogens is 292 g/mol. The molecule has 2 aromatic carbocycles. The van der Waals surface area contributed by atoms with Crippen LogP contribution in [0.25, 0.3) is 11.3 Å². The molecule has 0 amide bonds. The first kappa shape index (κ1) is 14.9. The molecule has 0 aliphatic rings. The molecule has 4 nitrogen and oxygen atoms in total. The zero-order valence-corrected chi connectivity index (χ0v) is 12.7. The van der Waals surface area contributed by atoms with Crippen LogP contribution in [0.3, 0.4) is 0 Å². The van der Waals surface area contributed by atoms with Gasteiger partial charge in [-0.3, -0.25) is 4.79 Å². The molecular formula is C19H16O4. The zero-order valence-electron chi connectivity index (χ0n) is 12.7. The molecule has 0 radical (unpaired) electrons. The minimum absolute atomic E-state index is 0.0395. The zero-order chi connectivity index (χ0) is 16.2. The molecule has 0 fully saturated rings. The highest BCUT2D eigenvalue weighted by molar-refractivity contribution is 6.13. The normalized spacial score (nSPS) is 10.5. The van der Waals surface area contributed by atoms with Crippen LogP contribution in [0.4, 0.5) is 0 Å². The van der Waals surface area contributed by atoms with E-state index in [1.165, 1.54) is 0 Å². The monoisotopic (exact) mass is 308 g/mol. The Morgan fingerprint density at radius 1 is 1.04 bits per heavy atom. The minimum atomic E-state index is -0.336. The lowest BCUT2D eigenvalue weighted by molar-refractivity contribution is 0.103. The third-order valence-corrected chi connectivity index (χ3v) is 3.43. The Bertz CT molecular complexity index is 804. The summed E-state index contributed by atoms with van der Waals surface area (Å²) >= 11 is 0. The van der Waals surface area contributed by atoms with E-state index in [9.17, 15) is 9.90 Å². The molecule has 0 aliphatic heterocycles. The molecule has 0 aliphatic carbocycles. The van der Waals surface area contributed by atoms with Crippen LogP contribution in [0.2, 0.25) is 0 Å². The lowest BCUT2D eigenvalue weighted by atomic mass is 10.0. The second-order valence-corrected chi connectivity index (χ2v) is 4.94. The molecule has 3 aromatic rings. The van der Waals surface area contributed by atoms with Gasteiger partial charge in [-0.25, -0.2) is 0 Å². The molecule has 1 heterocycles. The summed E-state index contributed by atoms with van der Waals surface area (Å²) in [6.45, 7) is 2.12. The van der Waals surface area contributed by atoms with Crippen LogP contribution < -0.4 is 4.74 Å². The van der Waals surface area contributed by atoms with E-state index in [0.29, 0.717) is 17.7 Å². The predicted octanol–water partition coefficient (Wildman–Crippen LogP) is 4.28. The van der Waals surface area contributed by atoms with Gasteiger partial charge in [0.25, 0.3) is 0 Å². The van der Waals surface area contributed by atoms with Crippen molar-refractivity contribution in [2.75, 3.05) is 6.61 Å². The largest absolute Gasteiger partial charge is 0.504 e. The first-order valence-electron chi connectivity index (χ1n) is 7.36. The highest BCUT2D eigenvalue weighted by Gasteiger charge is 2.28. The average Bonchev–Trinajstić information content (AvgIpc) is 2.92. The Hall–Kier alpha value is -3.01. The molecule has 0 saturated heterocycles. The van der Waals surface area contributed by atoms with E-state index in [1.54, 1.807) is 43.3 Å². The number of carbonyl (C=O) groups is 1. The molecule has 1 N–H and O–H groups in total. The summed E-state index contributed by atoms with van der Waals surface area (Å²) in [6, 6.07) is 17.8. The van der Waals surface area contributed by atoms with E-state index in [0.717, 1.165) is 0 Å². The number of benzene rings is 2. The van der Waals surface area contributed by atoms with Crippen molar-refractivity contribution in [1.82, 2.24) is 0 Å². The number of carbonyl (C=O) groups excluding carboxylic acids is 1. The molecule has 0 bridgehead atoms. The van der Waals surface area contributed by atoms with Crippen molar-refractivity contribution in [3.63, 3.8) is 0 Å². The van der Waals surface area contributed by atoms with Gasteiger partial charge >= 0.3 is 5.95 Å². The molecule has 0 atom stereocenters. The van der Waals surface area contributed by atoms with Gasteiger partial charge in [-0.15, -0.1) is 0 Å². The second kappa shape index (κ2) is 6.40. The summed E-state index contributed by atoms with van der Waals surface area (Å²) in [4.78, 5) is 12.7. The molecule has 4 heteroatoms. The Balaban J connectivity index is 2.12. The number of hydrogen-bond acceptors (Lipinski definition) is 4. The summed E-state index contributed by atoms with van der Waals surface area (Å²) in [7, 11) is 0. The van der Waals surface area contributed by atoms with E-state index in [4.69, 9.17) is 9.15 Å². The van der Waals surface area contributed by atoms with Crippen molar-refractivity contribution >= 4 is 5.78 Å². The molecule has 0 spiro atoms. The van der Waals surface area contributed by atoms with Gasteiger partial charge in [0.15, 0.2) is 11.5 Å². The van der Waals surface area contributed by atoms with Crippen LogP contribution >= 0.6 is 0 Å². The number of rotatable bonds is 5. The van der Waals surface area contributed by atoms with Crippen LogP contribution in [-0.2, 0) is 0 Å². The minimum Gasteiger partial charge on any atom is -0.504 e. The fraction of sp³-hybridized carbons (Fsp3) is 0.105. The van der Waals surface area contributed by atoms with Gasteiger partial charge < -0.3 is 14.3 Å². The van der Waals surface area contributed by atoms with Gasteiger partial charge in [0.1, 0.15) is 5.56 Å². The van der Waals surface area contributed by atoms with Crippen molar-refractivity contribution in [2.24, 2.45) is 0 Å². The van der Waals surface area contributed by atoms with Gasteiger partial charge in [0.2, 0.25) is 5.78 Å². The first-order valence-corrected chi connectivity index (χ1v) is 7.36. The maximum atomic E-state index is 12.7. The van der Waals surface area contributed by atoms with Crippen LogP contribution in [-0.4, -0.2) is 17.5 Å². The lowest BCUT2D eigenvalue weighted by Crippen LogP contribution is -2.03. The average molecular weight is 308 g/mol. The van der Waals surface area contributed by atoms with E-state index in [-0.39, 0.29) is 28.8 Å². The van der Waals surface area contributed by atoms with E-state index in [1.807, 2.05) is 24.3 Å². The van der Waals surface area contributed by atoms with Gasteiger partial charge in [-0.2, -0.15) is 0 Å². The van der Waals surface area contributed by atoms with Gasteiger partial charge in [0.05, 0.1) is 6.61 Å². The molecule has 3 rings (SSSR count). The number of ketones is 1. The Morgan fingerprint density at radius 3 is 2.26 bits per heavy atom. The smallest absolute Gasteiger partial charge is 0.300 e. The summed E-state index contributed by atoms with van der Waals surface area (Å²) in [5, 5.41) is 10.5. The summed E-state index contributed by atoms with van der Waals surface area (Å²) in [5.74, 6) is -0.267. The SMILES string of the molecule is CCOc1oc(-c2ccccc2)c(O)c1C(=O)c1ccccc1. The third kappa shape index (κ3) is 2.83. The first-order chi connectivity index (χ1) is 11.2. The quantitative estimate of drug-likeness (QED) is 0.715. The molecule has 116 valence electrons. The lowest BCUT2D eigenvalue weighted by Gasteiger charge is -2.02. The van der Waals surface area contributed by atoms with Crippen molar-refractivity contribution < 1.29 is 19.1 Å². The number of ether oxygens (including phenoxy) is 1. The van der Waals surface area contributed by atoms with E-state index >= 15 is 0 Å². The van der Waals surface area contributed by atoms with Crippen LogP contribution in [0.5, 0.6) is 11.7 Å². The maximum absolute atomic E-state index is 12.7. The van der Waals surface area contributed by atoms with Crippen molar-refractivity contribution in [1.29, 1.82) is 0 Å². The van der Waals surface area contributed by atoms with Gasteiger partial charge in [-0.1, -0.05) is 60.7 Å². The van der Waals surface area contributed by atoms with Crippen LogP contribution in [0.1, 0.15) is 22.8 Å². The van der Waals surface area contributed by atoms with E-state index < -0.39 is 0 Å². The highest BCUT2D eigenvalue weighted by atomic mass is 16.6. The Labute approximate surface area is 134 Å². The Kier molecular flexibility index (Phi) is 4.15. The van der Waals surface area contributed by atoms with Crippen LogP contribution in [0, 0.1) is 0 Å². The number of hydrogen-bond donors (Lipinski definition) is 1. The summed E-state index contributed by atoms with van der Waals surface area (Å²) < 4.78 is 11.0. The number of furan rings is 1. The summed E-state index contributed by atoms with van der Waals surface area (Å²) in [6.07, 6.45) is 0. The standard InChI is InChI=1S/C19H16O4/c1-2-22-19-15(16(20)13-9-5-3-6-10-13)17(21)18(23-19)14-11-7-4-8-12-14/h3-12,21H,2H2,1H3. The predicted molar refractivity (Wildman–Crippen MR) is 86.9 cm³/mol. The Morgan fingerprint density at radius 2 is 1.65 bits per heavy atom. The van der Waals surface area contributed by atoms with Gasteiger partial charge in [0, 0.05) is 11.1 Å². The summed E-state index contributed by atoms with van der Waals surface area (Å²) in [5.41, 5.74) is 1.19. The fourth-order valence-electron chi connectivity index (χ4n) is 2.35. The van der Waals surface area contributed by atoms with Crippen molar-refractivity contribution in [2.45, 2.75) is 6.92 Å². The molecule has 1 aromatic heterocycles. The topological polar surface area (TPSA) is 59.7 Å². The molecule has 0 saturated carbocycles. The van der Waals surface area contributed by atoms with Gasteiger partial charge in [-0.05, 0) is 6.92 Å². The van der Waals surface area contributed by atoms with Crippen molar-refractivity contribution in [3.8, 4) is 23.0 Å². The molecule has 0 unspecified atom stereocenters.